The summed E-state index contributed by atoms with van der Waals surface area (Å²) in [5.41, 5.74) is 8.65. The van der Waals surface area contributed by atoms with Crippen LogP contribution in [0.4, 0.5) is 0 Å². The number of nitrogens with one attached hydrogen (secondary N) is 4. The van der Waals surface area contributed by atoms with E-state index in [2.05, 4.69) is 20.9 Å². The van der Waals surface area contributed by atoms with Gasteiger partial charge in [-0.25, -0.2) is 4.79 Å². The SMILES string of the molecule is CC(NC(=O)C(N)Cc1c[nH]c2ccccc12)C(=O)NC(C)C(=O)NC(Cc1ccccc1)C(=O)O. The smallest absolute Gasteiger partial charge is 0.326 e. The summed E-state index contributed by atoms with van der Waals surface area (Å²) in [4.78, 5) is 52.4. The second kappa shape index (κ2) is 12.0. The van der Waals surface area contributed by atoms with Crippen molar-refractivity contribution in [1.29, 1.82) is 0 Å². The normalized spacial score (nSPS) is 14.3. The van der Waals surface area contributed by atoms with Crippen molar-refractivity contribution < 1.29 is 24.3 Å². The average molecular weight is 494 g/mol. The van der Waals surface area contributed by atoms with Gasteiger partial charge in [0.25, 0.3) is 0 Å². The summed E-state index contributed by atoms with van der Waals surface area (Å²) in [5, 5.41) is 17.9. The number of aliphatic carboxylic acids is 1. The van der Waals surface area contributed by atoms with E-state index < -0.39 is 47.9 Å². The maximum atomic E-state index is 12.6. The van der Waals surface area contributed by atoms with Crippen molar-refractivity contribution in [2.24, 2.45) is 5.73 Å². The number of aromatic amines is 1. The van der Waals surface area contributed by atoms with Gasteiger partial charge >= 0.3 is 5.97 Å². The van der Waals surface area contributed by atoms with Gasteiger partial charge in [0.15, 0.2) is 0 Å². The van der Waals surface area contributed by atoms with E-state index in [0.29, 0.717) is 0 Å². The number of rotatable bonds is 11. The second-order valence-electron chi connectivity index (χ2n) is 8.72. The highest BCUT2D eigenvalue weighted by Gasteiger charge is 2.26. The number of carbonyl (C=O) groups is 4. The molecule has 0 saturated carbocycles. The van der Waals surface area contributed by atoms with Gasteiger partial charge in [0.2, 0.25) is 17.7 Å². The van der Waals surface area contributed by atoms with E-state index in [1.165, 1.54) is 13.8 Å². The lowest BCUT2D eigenvalue weighted by molar-refractivity contribution is -0.142. The van der Waals surface area contributed by atoms with Crippen LogP contribution in [0.5, 0.6) is 0 Å². The Bertz CT molecular complexity index is 1230. The molecular weight excluding hydrogens is 462 g/mol. The van der Waals surface area contributed by atoms with Gasteiger partial charge in [-0.15, -0.1) is 0 Å². The zero-order valence-electron chi connectivity index (χ0n) is 20.2. The minimum Gasteiger partial charge on any atom is -0.480 e. The first-order chi connectivity index (χ1) is 17.2. The molecule has 0 fully saturated rings. The van der Waals surface area contributed by atoms with Gasteiger partial charge in [0.1, 0.15) is 18.1 Å². The molecular formula is C26H31N5O5. The zero-order chi connectivity index (χ0) is 26.2. The number of carboxylic acids is 1. The lowest BCUT2D eigenvalue weighted by atomic mass is 10.0. The third-order valence-electron chi connectivity index (χ3n) is 5.85. The quantitative estimate of drug-likeness (QED) is 0.232. The summed E-state index contributed by atoms with van der Waals surface area (Å²) >= 11 is 0. The number of para-hydroxylation sites is 1. The fourth-order valence-corrected chi connectivity index (χ4v) is 3.77. The maximum absolute atomic E-state index is 12.6. The monoisotopic (exact) mass is 493 g/mol. The summed E-state index contributed by atoms with van der Waals surface area (Å²) in [6.07, 6.45) is 2.18. The molecule has 10 heteroatoms. The molecule has 7 N–H and O–H groups in total. The van der Waals surface area contributed by atoms with Crippen molar-refractivity contribution >= 4 is 34.6 Å². The highest BCUT2D eigenvalue weighted by atomic mass is 16.4. The molecule has 3 aromatic rings. The molecule has 4 atom stereocenters. The standard InChI is InChI=1S/C26H31N5O5/c1-15(30-25(34)20(27)13-18-14-28-21-11-7-6-10-19(18)21)23(32)29-16(2)24(33)31-22(26(35)36)12-17-8-4-3-5-9-17/h3-11,14-16,20,22,28H,12-13,27H2,1-2H3,(H,29,32)(H,30,34)(H,31,33)(H,35,36). The Labute approximate surface area is 208 Å². The van der Waals surface area contributed by atoms with E-state index in [4.69, 9.17) is 5.73 Å². The number of H-pyrrole nitrogens is 1. The number of hydrogen-bond acceptors (Lipinski definition) is 5. The van der Waals surface area contributed by atoms with E-state index in [9.17, 15) is 24.3 Å². The zero-order valence-corrected chi connectivity index (χ0v) is 20.2. The van der Waals surface area contributed by atoms with Crippen molar-refractivity contribution in [1.82, 2.24) is 20.9 Å². The molecule has 0 aliphatic rings. The highest BCUT2D eigenvalue weighted by Crippen LogP contribution is 2.18. The Balaban J connectivity index is 1.50. The third-order valence-corrected chi connectivity index (χ3v) is 5.85. The van der Waals surface area contributed by atoms with Gasteiger partial charge in [0, 0.05) is 23.5 Å². The number of nitrogens with two attached hydrogens (primary N) is 1. The first-order valence-electron chi connectivity index (χ1n) is 11.6. The Morgan fingerprint density at radius 3 is 2.08 bits per heavy atom. The molecule has 0 radical (unpaired) electrons. The number of hydrogen-bond donors (Lipinski definition) is 6. The Morgan fingerprint density at radius 1 is 0.833 bits per heavy atom. The largest absolute Gasteiger partial charge is 0.480 e. The van der Waals surface area contributed by atoms with E-state index in [1.54, 1.807) is 30.5 Å². The molecule has 3 amide bonds. The molecule has 3 rings (SSSR count). The number of amides is 3. The molecule has 0 saturated heterocycles. The molecule has 190 valence electrons. The van der Waals surface area contributed by atoms with Gasteiger partial charge in [0.05, 0.1) is 6.04 Å². The van der Waals surface area contributed by atoms with Crippen LogP contribution in [0.1, 0.15) is 25.0 Å². The molecule has 0 spiro atoms. The fraction of sp³-hybridized carbons (Fsp3) is 0.308. The second-order valence-corrected chi connectivity index (χ2v) is 8.72. The molecule has 36 heavy (non-hydrogen) atoms. The highest BCUT2D eigenvalue weighted by molar-refractivity contribution is 5.94. The molecule has 0 aliphatic carbocycles. The van der Waals surface area contributed by atoms with E-state index in [1.807, 2.05) is 30.3 Å². The maximum Gasteiger partial charge on any atom is 0.326 e. The first-order valence-corrected chi connectivity index (χ1v) is 11.6. The van der Waals surface area contributed by atoms with Crippen LogP contribution >= 0.6 is 0 Å². The van der Waals surface area contributed by atoms with E-state index in [0.717, 1.165) is 22.0 Å². The Kier molecular flexibility index (Phi) is 8.80. The molecule has 1 aromatic heterocycles. The number of fused-ring (bicyclic) bond motifs is 1. The minimum absolute atomic E-state index is 0.101. The van der Waals surface area contributed by atoms with Gasteiger partial charge in [-0.2, -0.15) is 0 Å². The lowest BCUT2D eigenvalue weighted by Gasteiger charge is -2.21. The predicted octanol–water partition coefficient (Wildman–Crippen LogP) is 0.859. The van der Waals surface area contributed by atoms with Gasteiger partial charge < -0.3 is 31.8 Å². The van der Waals surface area contributed by atoms with Crippen LogP contribution in [0.2, 0.25) is 0 Å². The van der Waals surface area contributed by atoms with Crippen LogP contribution in [0.3, 0.4) is 0 Å². The minimum atomic E-state index is -1.18. The van der Waals surface area contributed by atoms with Crippen molar-refractivity contribution in [3.8, 4) is 0 Å². The number of aromatic nitrogens is 1. The molecule has 4 unspecified atom stereocenters. The van der Waals surface area contributed by atoms with Gasteiger partial charge in [-0.05, 0) is 37.5 Å². The van der Waals surface area contributed by atoms with Crippen LogP contribution in [0.25, 0.3) is 10.9 Å². The number of carbonyl (C=O) groups excluding carboxylic acids is 3. The Morgan fingerprint density at radius 2 is 1.42 bits per heavy atom. The molecule has 10 nitrogen and oxygen atoms in total. The molecule has 0 aliphatic heterocycles. The van der Waals surface area contributed by atoms with Crippen LogP contribution in [-0.4, -0.2) is 57.9 Å². The summed E-state index contributed by atoms with van der Waals surface area (Å²) in [6.45, 7) is 2.91. The van der Waals surface area contributed by atoms with Crippen LogP contribution < -0.4 is 21.7 Å². The summed E-state index contributed by atoms with van der Waals surface area (Å²) in [5.74, 6) is -2.94. The van der Waals surface area contributed by atoms with Crippen molar-refractivity contribution in [3.05, 3.63) is 71.9 Å². The van der Waals surface area contributed by atoms with Crippen LogP contribution in [0.15, 0.2) is 60.8 Å². The summed E-state index contributed by atoms with van der Waals surface area (Å²) in [7, 11) is 0. The predicted molar refractivity (Wildman–Crippen MR) is 135 cm³/mol. The molecule has 2 aromatic carbocycles. The van der Waals surface area contributed by atoms with E-state index in [-0.39, 0.29) is 12.8 Å². The Hall–Kier alpha value is -4.18. The van der Waals surface area contributed by atoms with Crippen LogP contribution in [0, 0.1) is 0 Å². The van der Waals surface area contributed by atoms with Crippen molar-refractivity contribution in [2.45, 2.75) is 50.9 Å². The topological polar surface area (TPSA) is 166 Å². The lowest BCUT2D eigenvalue weighted by Crippen LogP contribution is -2.55. The number of benzene rings is 2. The van der Waals surface area contributed by atoms with Crippen LogP contribution in [-0.2, 0) is 32.0 Å². The number of carboxylic acid groups (broad SMARTS) is 1. The molecule has 0 bridgehead atoms. The first kappa shape index (κ1) is 26.4. The third kappa shape index (κ3) is 6.92. The molecule has 1 heterocycles. The van der Waals surface area contributed by atoms with Gasteiger partial charge in [-0.3, -0.25) is 14.4 Å². The average Bonchev–Trinajstić information content (AvgIpc) is 3.26. The van der Waals surface area contributed by atoms with Crippen molar-refractivity contribution in [2.75, 3.05) is 0 Å². The van der Waals surface area contributed by atoms with Gasteiger partial charge in [-0.1, -0.05) is 48.5 Å². The van der Waals surface area contributed by atoms with E-state index >= 15 is 0 Å². The summed E-state index contributed by atoms with van der Waals surface area (Å²) in [6, 6.07) is 12.5. The summed E-state index contributed by atoms with van der Waals surface area (Å²) < 4.78 is 0. The fourth-order valence-electron chi connectivity index (χ4n) is 3.77. The van der Waals surface area contributed by atoms with Crippen molar-refractivity contribution in [3.63, 3.8) is 0 Å².